The van der Waals surface area contributed by atoms with Gasteiger partial charge in [0, 0.05) is 32.0 Å². The van der Waals surface area contributed by atoms with E-state index in [9.17, 15) is 14.4 Å². The molecule has 3 rings (SSSR count). The fourth-order valence-corrected chi connectivity index (χ4v) is 3.84. The van der Waals surface area contributed by atoms with Crippen LogP contribution in [0.4, 0.5) is 9.59 Å². The van der Waals surface area contributed by atoms with Crippen molar-refractivity contribution in [2.75, 3.05) is 13.1 Å². The monoisotopic (exact) mass is 464 g/mol. The zero-order valence-corrected chi connectivity index (χ0v) is 21.4. The van der Waals surface area contributed by atoms with Crippen molar-refractivity contribution in [3.05, 3.63) is 17.7 Å². The fourth-order valence-electron chi connectivity index (χ4n) is 3.84. The van der Waals surface area contributed by atoms with E-state index in [-0.39, 0.29) is 17.9 Å². The second kappa shape index (κ2) is 10.6. The van der Waals surface area contributed by atoms with Gasteiger partial charge in [-0.25, -0.2) is 19.5 Å². The molecule has 2 aliphatic rings. The summed E-state index contributed by atoms with van der Waals surface area (Å²) in [5.41, 5.74) is 0.493. The molecule has 186 valence electrons. The standard InChI is InChI=1S/C22H34N4O5.C2H6/c1-21(2,3)30-19(28)24-10-11-25-14-23-16(17(25)13-24)12-15-8-7-9-26(18(15)27)20(29)31-22(4,5)6;1-2/h14-15H,7-13H2,1-6H3;1-2H3. The lowest BCUT2D eigenvalue weighted by Crippen LogP contribution is -2.47. The molecule has 0 aromatic carbocycles. The molecule has 9 nitrogen and oxygen atoms in total. The largest absolute Gasteiger partial charge is 0.444 e. The van der Waals surface area contributed by atoms with Gasteiger partial charge in [-0.3, -0.25) is 4.79 Å². The number of imidazole rings is 1. The predicted octanol–water partition coefficient (Wildman–Crippen LogP) is 4.38. The Labute approximate surface area is 197 Å². The van der Waals surface area contributed by atoms with Gasteiger partial charge in [-0.1, -0.05) is 13.8 Å². The van der Waals surface area contributed by atoms with Crippen LogP contribution in [-0.2, 0) is 33.8 Å². The molecule has 0 spiro atoms. The molecule has 1 fully saturated rings. The number of likely N-dealkylation sites (tertiary alicyclic amines) is 1. The average molecular weight is 465 g/mol. The molecule has 1 saturated heterocycles. The summed E-state index contributed by atoms with van der Waals surface area (Å²) in [4.78, 5) is 45.3. The van der Waals surface area contributed by atoms with E-state index in [1.165, 1.54) is 4.90 Å². The van der Waals surface area contributed by atoms with E-state index < -0.39 is 17.3 Å². The lowest BCUT2D eigenvalue weighted by atomic mass is 9.92. The van der Waals surface area contributed by atoms with Gasteiger partial charge in [0.05, 0.1) is 24.3 Å². The third-order valence-corrected chi connectivity index (χ3v) is 5.24. The van der Waals surface area contributed by atoms with E-state index in [0.717, 1.165) is 17.8 Å². The summed E-state index contributed by atoms with van der Waals surface area (Å²) < 4.78 is 12.9. The number of nitrogens with zero attached hydrogens (tertiary/aromatic N) is 4. The van der Waals surface area contributed by atoms with E-state index >= 15 is 0 Å². The minimum atomic E-state index is -0.654. The van der Waals surface area contributed by atoms with Crippen LogP contribution in [0.2, 0.25) is 0 Å². The third kappa shape index (κ3) is 7.20. The van der Waals surface area contributed by atoms with Gasteiger partial charge in [0.2, 0.25) is 5.91 Å². The Kier molecular flexibility index (Phi) is 8.54. The smallest absolute Gasteiger partial charge is 0.417 e. The number of carbonyl (C=O) groups is 3. The first-order chi connectivity index (χ1) is 15.3. The van der Waals surface area contributed by atoms with Crippen molar-refractivity contribution >= 4 is 18.1 Å². The Morgan fingerprint density at radius 3 is 2.21 bits per heavy atom. The molecule has 2 aliphatic heterocycles. The molecule has 1 unspecified atom stereocenters. The second-order valence-corrected chi connectivity index (χ2v) is 10.2. The highest BCUT2D eigenvalue weighted by molar-refractivity contribution is 5.94. The van der Waals surface area contributed by atoms with Crippen molar-refractivity contribution in [3.8, 4) is 0 Å². The van der Waals surface area contributed by atoms with E-state index in [2.05, 4.69) is 4.98 Å². The molecule has 0 aliphatic carbocycles. The van der Waals surface area contributed by atoms with Crippen LogP contribution in [0.5, 0.6) is 0 Å². The molecule has 0 N–H and O–H groups in total. The normalized spacial score (nSPS) is 18.8. The molecule has 3 amide bonds. The van der Waals surface area contributed by atoms with E-state index in [1.54, 1.807) is 32.0 Å². The maximum Gasteiger partial charge on any atom is 0.417 e. The Morgan fingerprint density at radius 2 is 1.61 bits per heavy atom. The number of hydrogen-bond donors (Lipinski definition) is 0. The van der Waals surface area contributed by atoms with Gasteiger partial charge >= 0.3 is 12.2 Å². The van der Waals surface area contributed by atoms with Crippen LogP contribution in [0.1, 0.15) is 79.6 Å². The van der Waals surface area contributed by atoms with Crippen LogP contribution < -0.4 is 0 Å². The molecule has 0 radical (unpaired) electrons. The molecule has 9 heteroatoms. The Bertz CT molecular complexity index is 850. The van der Waals surface area contributed by atoms with Crippen LogP contribution in [-0.4, -0.2) is 61.7 Å². The van der Waals surface area contributed by atoms with Gasteiger partial charge in [-0.15, -0.1) is 0 Å². The fraction of sp³-hybridized carbons (Fsp3) is 0.750. The maximum atomic E-state index is 13.0. The van der Waals surface area contributed by atoms with Gasteiger partial charge in [0.25, 0.3) is 0 Å². The second-order valence-electron chi connectivity index (χ2n) is 10.2. The third-order valence-electron chi connectivity index (χ3n) is 5.24. The van der Waals surface area contributed by atoms with Crippen molar-refractivity contribution in [1.82, 2.24) is 19.4 Å². The number of amides is 3. The van der Waals surface area contributed by atoms with Crippen molar-refractivity contribution in [1.29, 1.82) is 0 Å². The predicted molar refractivity (Wildman–Crippen MR) is 125 cm³/mol. The van der Waals surface area contributed by atoms with Crippen molar-refractivity contribution in [2.45, 2.75) is 98.9 Å². The van der Waals surface area contributed by atoms with Crippen molar-refractivity contribution < 1.29 is 23.9 Å². The number of rotatable bonds is 2. The summed E-state index contributed by atoms with van der Waals surface area (Å²) >= 11 is 0. The molecule has 3 heterocycles. The van der Waals surface area contributed by atoms with Crippen molar-refractivity contribution in [2.24, 2.45) is 5.92 Å². The summed E-state index contributed by atoms with van der Waals surface area (Å²) in [5, 5.41) is 0. The van der Waals surface area contributed by atoms with Crippen LogP contribution >= 0.6 is 0 Å². The van der Waals surface area contributed by atoms with Gasteiger partial charge in [-0.2, -0.15) is 0 Å². The minimum absolute atomic E-state index is 0.220. The number of ether oxygens (including phenoxy) is 2. The molecule has 33 heavy (non-hydrogen) atoms. The maximum absolute atomic E-state index is 13.0. The van der Waals surface area contributed by atoms with Crippen LogP contribution in [0.25, 0.3) is 0 Å². The highest BCUT2D eigenvalue weighted by Crippen LogP contribution is 2.27. The number of imide groups is 1. The topological polar surface area (TPSA) is 94.0 Å². The number of hydrogen-bond acceptors (Lipinski definition) is 6. The lowest BCUT2D eigenvalue weighted by Gasteiger charge is -2.33. The summed E-state index contributed by atoms with van der Waals surface area (Å²) in [6.45, 7) is 16.8. The zero-order chi connectivity index (χ0) is 25.0. The molecular weight excluding hydrogens is 424 g/mol. The highest BCUT2D eigenvalue weighted by Gasteiger charge is 2.36. The molecule has 1 aromatic heterocycles. The molecule has 0 bridgehead atoms. The minimum Gasteiger partial charge on any atom is -0.444 e. The number of piperidine rings is 1. The lowest BCUT2D eigenvalue weighted by molar-refractivity contribution is -0.137. The SMILES string of the molecule is CC.CC(C)(C)OC(=O)N1CCn2cnc(CC3CCCN(C(=O)OC(C)(C)C)C3=O)c2C1. The first kappa shape index (κ1) is 26.7. The molecular formula is C24H40N4O5. The van der Waals surface area contributed by atoms with Gasteiger partial charge in [0.15, 0.2) is 0 Å². The average Bonchev–Trinajstić information content (AvgIpc) is 3.10. The summed E-state index contributed by atoms with van der Waals surface area (Å²) in [6.07, 6.45) is 2.68. The van der Waals surface area contributed by atoms with E-state index in [1.807, 2.05) is 39.2 Å². The van der Waals surface area contributed by atoms with Crippen LogP contribution in [0.3, 0.4) is 0 Å². The van der Waals surface area contributed by atoms with Gasteiger partial charge < -0.3 is 18.9 Å². The zero-order valence-electron chi connectivity index (χ0n) is 21.4. The Balaban J connectivity index is 0.00000187. The first-order valence-corrected chi connectivity index (χ1v) is 11.9. The first-order valence-electron chi connectivity index (χ1n) is 11.9. The van der Waals surface area contributed by atoms with Crippen LogP contribution in [0.15, 0.2) is 6.33 Å². The molecule has 1 atom stereocenters. The van der Waals surface area contributed by atoms with Gasteiger partial charge in [0.1, 0.15) is 11.2 Å². The van der Waals surface area contributed by atoms with Crippen molar-refractivity contribution in [3.63, 3.8) is 0 Å². The van der Waals surface area contributed by atoms with E-state index in [0.29, 0.717) is 39.0 Å². The molecule has 0 saturated carbocycles. The Morgan fingerprint density at radius 1 is 1.00 bits per heavy atom. The van der Waals surface area contributed by atoms with Gasteiger partial charge in [-0.05, 0) is 54.4 Å². The van der Waals surface area contributed by atoms with E-state index in [4.69, 9.17) is 9.47 Å². The van der Waals surface area contributed by atoms with Crippen LogP contribution in [0, 0.1) is 5.92 Å². The quantitative estimate of drug-likeness (QED) is 0.645. The number of fused-ring (bicyclic) bond motifs is 1. The summed E-state index contributed by atoms with van der Waals surface area (Å²) in [6, 6.07) is 0. The molecule has 1 aromatic rings. The highest BCUT2D eigenvalue weighted by atomic mass is 16.6. The number of carbonyl (C=O) groups excluding carboxylic acids is 3. The summed E-state index contributed by atoms with van der Waals surface area (Å²) in [5.74, 6) is -0.556. The number of aromatic nitrogens is 2. The summed E-state index contributed by atoms with van der Waals surface area (Å²) in [7, 11) is 0. The Hall–Kier alpha value is -2.58.